The van der Waals surface area contributed by atoms with Crippen LogP contribution in [-0.2, 0) is 16.6 Å². The first-order valence-electron chi connectivity index (χ1n) is 13.2. The van der Waals surface area contributed by atoms with Gasteiger partial charge >= 0.3 is 0 Å². The van der Waals surface area contributed by atoms with Gasteiger partial charge in [0.1, 0.15) is 5.75 Å². The maximum atomic E-state index is 11.3. The monoisotopic (exact) mass is 540 g/mol. The molecule has 0 amide bonds. The van der Waals surface area contributed by atoms with Crippen molar-refractivity contribution >= 4 is 17.4 Å². The zero-order valence-electron chi connectivity index (χ0n) is 23.7. The Hall–Kier alpha value is -3.58. The molecule has 7 heteroatoms. The molecule has 0 unspecified atom stereocenters. The van der Waals surface area contributed by atoms with E-state index in [1.165, 1.54) is 22.9 Å². The number of thioether (sulfide) groups is 1. The van der Waals surface area contributed by atoms with Crippen LogP contribution in [0.5, 0.6) is 11.6 Å². The van der Waals surface area contributed by atoms with Crippen molar-refractivity contribution in [2.24, 2.45) is 0 Å². The van der Waals surface area contributed by atoms with Crippen molar-refractivity contribution in [2.45, 2.75) is 76.4 Å². The second-order valence-corrected chi connectivity index (χ2v) is 13.1. The standard InChI is InChI=1S/C32H36N4O2S/c1-19-12-14-20(15-13-19)18-39-30-34-29-26(35-36-30)22-10-8-9-11-25(22)33-28(38-29)21-16-23(31(2,3)4)27(37)24(17-21)32(5,6)7/h8-17,28,33,37H,18H2,1-7H3/t28-/m1/s1. The van der Waals surface area contributed by atoms with Gasteiger partial charge in [-0.3, -0.25) is 0 Å². The first kappa shape index (κ1) is 27.0. The van der Waals surface area contributed by atoms with Gasteiger partial charge in [-0.2, -0.15) is 4.98 Å². The molecular formula is C32H36N4O2S. The van der Waals surface area contributed by atoms with Crippen LogP contribution in [-0.4, -0.2) is 20.3 Å². The Labute approximate surface area is 235 Å². The number of ether oxygens (including phenoxy) is 1. The molecule has 0 aliphatic carbocycles. The van der Waals surface area contributed by atoms with Crippen LogP contribution in [0.3, 0.4) is 0 Å². The summed E-state index contributed by atoms with van der Waals surface area (Å²) in [6, 6.07) is 20.5. The summed E-state index contributed by atoms with van der Waals surface area (Å²) in [5, 5.41) is 24.4. The van der Waals surface area contributed by atoms with Crippen molar-refractivity contribution in [1.82, 2.24) is 15.2 Å². The first-order valence-corrected chi connectivity index (χ1v) is 14.2. The molecule has 0 spiro atoms. The molecule has 1 aliphatic heterocycles. The number of hydrogen-bond acceptors (Lipinski definition) is 7. The number of rotatable bonds is 4. The number of benzene rings is 3. The normalized spacial score (nSPS) is 15.0. The van der Waals surface area contributed by atoms with Crippen LogP contribution in [0.4, 0.5) is 5.69 Å². The summed E-state index contributed by atoms with van der Waals surface area (Å²) in [5.41, 5.74) is 6.96. The van der Waals surface area contributed by atoms with Gasteiger partial charge in [-0.15, -0.1) is 10.2 Å². The lowest BCUT2D eigenvalue weighted by Crippen LogP contribution is -2.22. The number of anilines is 1. The number of nitrogens with one attached hydrogen (secondary N) is 1. The third-order valence-electron chi connectivity index (χ3n) is 6.87. The molecule has 5 rings (SSSR count). The van der Waals surface area contributed by atoms with E-state index in [0.717, 1.165) is 33.7 Å². The molecule has 202 valence electrons. The lowest BCUT2D eigenvalue weighted by atomic mass is 9.78. The first-order chi connectivity index (χ1) is 18.4. The molecular weight excluding hydrogens is 504 g/mol. The predicted molar refractivity (Wildman–Crippen MR) is 159 cm³/mol. The highest BCUT2D eigenvalue weighted by Crippen LogP contribution is 2.44. The summed E-state index contributed by atoms with van der Waals surface area (Å²) >= 11 is 1.53. The second-order valence-electron chi connectivity index (χ2n) is 12.2. The summed E-state index contributed by atoms with van der Waals surface area (Å²) in [5.74, 6) is 1.51. The fourth-order valence-corrected chi connectivity index (χ4v) is 5.38. The van der Waals surface area contributed by atoms with Gasteiger partial charge in [-0.1, -0.05) is 101 Å². The summed E-state index contributed by atoms with van der Waals surface area (Å²) in [7, 11) is 0. The number of nitrogens with zero attached hydrogens (tertiary/aromatic N) is 3. The average Bonchev–Trinajstić information content (AvgIpc) is 3.03. The number of hydrogen-bond donors (Lipinski definition) is 2. The Morgan fingerprint density at radius 3 is 2.18 bits per heavy atom. The van der Waals surface area contributed by atoms with Crippen molar-refractivity contribution in [1.29, 1.82) is 0 Å². The van der Waals surface area contributed by atoms with Gasteiger partial charge in [0.25, 0.3) is 0 Å². The molecule has 39 heavy (non-hydrogen) atoms. The van der Waals surface area contributed by atoms with Crippen LogP contribution >= 0.6 is 11.8 Å². The Bertz CT molecular complexity index is 1470. The number of fused-ring (bicyclic) bond motifs is 3. The SMILES string of the molecule is Cc1ccc(CSc2nnc3c(n2)O[C@H](c2cc(C(C)(C)C)c(O)c(C(C)(C)C)c2)Nc2ccccc2-3)cc1. The molecule has 2 N–H and O–H groups in total. The summed E-state index contributed by atoms with van der Waals surface area (Å²) < 4.78 is 6.59. The number of aryl methyl sites for hydroxylation is 1. The Kier molecular flexibility index (Phi) is 7.06. The van der Waals surface area contributed by atoms with Gasteiger partial charge in [0.15, 0.2) is 11.9 Å². The molecule has 0 saturated carbocycles. The van der Waals surface area contributed by atoms with Gasteiger partial charge in [0, 0.05) is 33.7 Å². The third-order valence-corrected chi connectivity index (χ3v) is 7.78. The fraction of sp³-hybridized carbons (Fsp3) is 0.344. The van der Waals surface area contributed by atoms with Crippen LogP contribution in [0.25, 0.3) is 11.3 Å². The smallest absolute Gasteiger partial charge is 0.247 e. The minimum atomic E-state index is -0.540. The Balaban J connectivity index is 1.57. The van der Waals surface area contributed by atoms with Crippen LogP contribution in [0, 0.1) is 6.92 Å². The number of para-hydroxylation sites is 1. The van der Waals surface area contributed by atoms with Crippen molar-refractivity contribution < 1.29 is 9.84 Å². The summed E-state index contributed by atoms with van der Waals surface area (Å²) in [4.78, 5) is 4.82. The van der Waals surface area contributed by atoms with Crippen molar-refractivity contribution in [2.75, 3.05) is 5.32 Å². The summed E-state index contributed by atoms with van der Waals surface area (Å²) in [6.07, 6.45) is -0.540. The molecule has 0 bridgehead atoms. The van der Waals surface area contributed by atoms with E-state index in [1.807, 2.05) is 36.4 Å². The molecule has 2 heterocycles. The van der Waals surface area contributed by atoms with Gasteiger partial charge in [-0.25, -0.2) is 0 Å². The largest absolute Gasteiger partial charge is 0.507 e. The van der Waals surface area contributed by atoms with Crippen LogP contribution in [0.15, 0.2) is 65.8 Å². The molecule has 1 atom stereocenters. The molecule has 3 aromatic carbocycles. The maximum absolute atomic E-state index is 11.3. The van der Waals surface area contributed by atoms with E-state index in [-0.39, 0.29) is 10.8 Å². The van der Waals surface area contributed by atoms with Crippen molar-refractivity contribution in [3.8, 4) is 22.9 Å². The Morgan fingerprint density at radius 2 is 1.54 bits per heavy atom. The van der Waals surface area contributed by atoms with Gasteiger partial charge in [0.05, 0.1) is 0 Å². The van der Waals surface area contributed by atoms with Crippen LogP contribution in [0.2, 0.25) is 0 Å². The van der Waals surface area contributed by atoms with E-state index < -0.39 is 6.23 Å². The molecule has 4 aromatic rings. The lowest BCUT2D eigenvalue weighted by Gasteiger charge is -2.30. The summed E-state index contributed by atoms with van der Waals surface area (Å²) in [6.45, 7) is 14.7. The van der Waals surface area contributed by atoms with E-state index in [0.29, 0.717) is 22.5 Å². The lowest BCUT2D eigenvalue weighted by molar-refractivity contribution is 0.224. The molecule has 1 aliphatic rings. The highest BCUT2D eigenvalue weighted by molar-refractivity contribution is 7.98. The minimum absolute atomic E-state index is 0.260. The van der Waals surface area contributed by atoms with Gasteiger partial charge < -0.3 is 15.2 Å². The van der Waals surface area contributed by atoms with Crippen LogP contribution < -0.4 is 10.1 Å². The van der Waals surface area contributed by atoms with E-state index in [2.05, 4.69) is 88.2 Å². The topological polar surface area (TPSA) is 80.2 Å². The molecule has 0 saturated heterocycles. The maximum Gasteiger partial charge on any atom is 0.247 e. The second kappa shape index (κ2) is 10.2. The Morgan fingerprint density at radius 1 is 0.897 bits per heavy atom. The average molecular weight is 541 g/mol. The van der Waals surface area contributed by atoms with Crippen molar-refractivity contribution in [3.05, 3.63) is 88.5 Å². The highest BCUT2D eigenvalue weighted by atomic mass is 32.2. The molecule has 0 fully saturated rings. The van der Waals surface area contributed by atoms with E-state index in [1.54, 1.807) is 0 Å². The van der Waals surface area contributed by atoms with E-state index in [4.69, 9.17) is 9.72 Å². The van der Waals surface area contributed by atoms with E-state index >= 15 is 0 Å². The quantitative estimate of drug-likeness (QED) is 0.254. The third kappa shape index (κ3) is 5.74. The zero-order valence-corrected chi connectivity index (χ0v) is 24.5. The van der Waals surface area contributed by atoms with Gasteiger partial charge in [0.2, 0.25) is 11.0 Å². The number of aromatic nitrogens is 3. The van der Waals surface area contributed by atoms with Crippen molar-refractivity contribution in [3.63, 3.8) is 0 Å². The number of aromatic hydroxyl groups is 1. The minimum Gasteiger partial charge on any atom is -0.507 e. The zero-order chi connectivity index (χ0) is 27.9. The number of phenolic OH excluding ortho intramolecular Hbond substituents is 1. The molecule has 0 radical (unpaired) electrons. The number of phenols is 1. The fourth-order valence-electron chi connectivity index (χ4n) is 4.64. The highest BCUT2D eigenvalue weighted by Gasteiger charge is 2.31. The predicted octanol–water partition coefficient (Wildman–Crippen LogP) is 7.94. The molecule has 6 nitrogen and oxygen atoms in total. The van der Waals surface area contributed by atoms with E-state index in [9.17, 15) is 5.11 Å². The van der Waals surface area contributed by atoms with Gasteiger partial charge in [-0.05, 0) is 41.5 Å². The van der Waals surface area contributed by atoms with Crippen LogP contribution in [0.1, 0.15) is 75.6 Å². The molecule has 1 aromatic heterocycles.